The van der Waals surface area contributed by atoms with Crippen LogP contribution in [0, 0.1) is 12.5 Å². The highest BCUT2D eigenvalue weighted by Gasteiger charge is 1.95. The molecule has 0 aliphatic carbocycles. The summed E-state index contributed by atoms with van der Waals surface area (Å²) in [7, 11) is 0. The molecule has 0 N–H and O–H groups in total. The predicted molar refractivity (Wildman–Crippen MR) is 83.7 cm³/mol. The normalized spacial score (nSPS) is 11.1. The molecule has 0 rings (SSSR count). The molecular weight excluding hydrogens is 216 g/mol. The van der Waals surface area contributed by atoms with Gasteiger partial charge in [0.25, 0.3) is 0 Å². The van der Waals surface area contributed by atoms with E-state index in [4.69, 9.17) is 6.58 Å². The lowest BCUT2D eigenvalue weighted by Crippen LogP contribution is -1.87. The van der Waals surface area contributed by atoms with Crippen LogP contribution in [0.1, 0.15) is 97.3 Å². The second-order valence-corrected chi connectivity index (χ2v) is 6.10. The smallest absolute Gasteiger partial charge is 0.0348 e. The van der Waals surface area contributed by atoms with E-state index in [1.807, 2.05) is 0 Å². The lowest BCUT2D eigenvalue weighted by Gasteiger charge is -2.04. The molecule has 0 spiro atoms. The van der Waals surface area contributed by atoms with Crippen molar-refractivity contribution >= 4 is 0 Å². The van der Waals surface area contributed by atoms with E-state index in [-0.39, 0.29) is 0 Å². The lowest BCUT2D eigenvalue weighted by molar-refractivity contribution is 0.504. The zero-order valence-electron chi connectivity index (χ0n) is 12.9. The number of rotatable bonds is 14. The first kappa shape index (κ1) is 17.7. The van der Waals surface area contributed by atoms with Gasteiger partial charge in [0.1, 0.15) is 0 Å². The molecular formula is C18H35. The first-order valence-electron chi connectivity index (χ1n) is 8.30. The Balaban J connectivity index is 2.92. The summed E-state index contributed by atoms with van der Waals surface area (Å²) in [5.41, 5.74) is 0. The van der Waals surface area contributed by atoms with Crippen molar-refractivity contribution in [2.24, 2.45) is 5.92 Å². The van der Waals surface area contributed by atoms with Crippen LogP contribution in [0.4, 0.5) is 0 Å². The second kappa shape index (κ2) is 14.8. The van der Waals surface area contributed by atoms with Gasteiger partial charge >= 0.3 is 0 Å². The molecule has 107 valence electrons. The fraction of sp³-hybridized carbons (Fsp3) is 0.889. The van der Waals surface area contributed by atoms with Crippen molar-refractivity contribution in [3.8, 4) is 0 Å². The minimum atomic E-state index is 0.891. The van der Waals surface area contributed by atoms with Crippen molar-refractivity contribution in [2.45, 2.75) is 97.3 Å². The quantitative estimate of drug-likeness (QED) is 0.301. The molecule has 0 nitrogen and oxygen atoms in total. The van der Waals surface area contributed by atoms with Gasteiger partial charge in [-0.05, 0) is 18.8 Å². The van der Waals surface area contributed by atoms with Crippen LogP contribution in [-0.2, 0) is 0 Å². The average molecular weight is 251 g/mol. The first-order valence-corrected chi connectivity index (χ1v) is 8.30. The zero-order valence-corrected chi connectivity index (χ0v) is 12.9. The maximum Gasteiger partial charge on any atom is -0.0348 e. The molecule has 0 aromatic rings. The molecule has 0 atom stereocenters. The molecule has 0 heteroatoms. The lowest BCUT2D eigenvalue weighted by atomic mass is 10.0. The van der Waals surface area contributed by atoms with Crippen LogP contribution in [0.3, 0.4) is 0 Å². The Morgan fingerprint density at radius 3 is 1.44 bits per heavy atom. The number of allylic oxidation sites excluding steroid dienone is 1. The Kier molecular flexibility index (Phi) is 14.6. The molecule has 0 bridgehead atoms. The number of hydrogen-bond donors (Lipinski definition) is 0. The van der Waals surface area contributed by atoms with Crippen LogP contribution in [0.2, 0.25) is 0 Å². The highest BCUT2D eigenvalue weighted by molar-refractivity contribution is 4.61. The minimum absolute atomic E-state index is 0.891. The number of hydrogen-bond acceptors (Lipinski definition) is 0. The molecule has 0 saturated carbocycles. The van der Waals surface area contributed by atoms with E-state index < -0.39 is 0 Å². The van der Waals surface area contributed by atoms with Crippen LogP contribution < -0.4 is 0 Å². The zero-order chi connectivity index (χ0) is 13.5. The van der Waals surface area contributed by atoms with Crippen molar-refractivity contribution in [2.75, 3.05) is 0 Å². The van der Waals surface area contributed by atoms with Crippen molar-refractivity contribution < 1.29 is 0 Å². The van der Waals surface area contributed by atoms with Gasteiger partial charge in [-0.15, -0.1) is 0 Å². The standard InChI is InChI=1S/C18H35/c1-4-5-6-7-8-9-10-11-12-13-14-15-16-17-18(2)3/h1,4,18H,5-17H2,2-3H3. The Morgan fingerprint density at radius 2 is 1.06 bits per heavy atom. The molecule has 0 fully saturated rings. The molecule has 0 aliphatic rings. The SMILES string of the molecule is [CH]=CCCCCCCCCCCCCCC(C)C. The van der Waals surface area contributed by atoms with E-state index in [0.29, 0.717) is 0 Å². The average Bonchev–Trinajstić information content (AvgIpc) is 2.34. The maximum absolute atomic E-state index is 5.35. The van der Waals surface area contributed by atoms with Gasteiger partial charge in [0.2, 0.25) is 0 Å². The van der Waals surface area contributed by atoms with Gasteiger partial charge in [-0.3, -0.25) is 0 Å². The van der Waals surface area contributed by atoms with Gasteiger partial charge in [-0.1, -0.05) is 97.1 Å². The van der Waals surface area contributed by atoms with Crippen molar-refractivity contribution in [3.05, 3.63) is 12.7 Å². The van der Waals surface area contributed by atoms with Crippen molar-refractivity contribution in [1.29, 1.82) is 0 Å². The van der Waals surface area contributed by atoms with Gasteiger partial charge in [0.15, 0.2) is 0 Å². The summed E-state index contributed by atoms with van der Waals surface area (Å²) in [6.45, 7) is 10.0. The van der Waals surface area contributed by atoms with E-state index in [9.17, 15) is 0 Å². The van der Waals surface area contributed by atoms with E-state index in [1.54, 1.807) is 6.08 Å². The predicted octanol–water partition coefficient (Wildman–Crippen LogP) is 6.70. The molecule has 0 aromatic heterocycles. The van der Waals surface area contributed by atoms with Crippen molar-refractivity contribution in [1.82, 2.24) is 0 Å². The summed E-state index contributed by atoms with van der Waals surface area (Å²) >= 11 is 0. The maximum atomic E-state index is 5.35. The summed E-state index contributed by atoms with van der Waals surface area (Å²) in [5.74, 6) is 0.891. The van der Waals surface area contributed by atoms with E-state index >= 15 is 0 Å². The Bertz CT molecular complexity index is 157. The summed E-state index contributed by atoms with van der Waals surface area (Å²) in [4.78, 5) is 0. The van der Waals surface area contributed by atoms with E-state index in [2.05, 4.69) is 13.8 Å². The largest absolute Gasteiger partial charge is 0.0845 e. The van der Waals surface area contributed by atoms with Crippen LogP contribution in [-0.4, -0.2) is 0 Å². The monoisotopic (exact) mass is 251 g/mol. The van der Waals surface area contributed by atoms with E-state index in [1.165, 1.54) is 77.0 Å². The van der Waals surface area contributed by atoms with Gasteiger partial charge in [0, 0.05) is 0 Å². The first-order chi connectivity index (χ1) is 8.77. The molecule has 0 unspecified atom stereocenters. The highest BCUT2D eigenvalue weighted by atomic mass is 14.0. The summed E-state index contributed by atoms with van der Waals surface area (Å²) in [6, 6.07) is 0. The molecule has 0 aromatic carbocycles. The van der Waals surface area contributed by atoms with Crippen molar-refractivity contribution in [3.63, 3.8) is 0 Å². The summed E-state index contributed by atoms with van der Waals surface area (Å²) < 4.78 is 0. The van der Waals surface area contributed by atoms with Crippen LogP contribution in [0.25, 0.3) is 0 Å². The molecule has 0 amide bonds. The number of unbranched alkanes of at least 4 members (excludes halogenated alkanes) is 11. The van der Waals surface area contributed by atoms with Gasteiger partial charge < -0.3 is 0 Å². The van der Waals surface area contributed by atoms with Gasteiger partial charge in [-0.2, -0.15) is 0 Å². The third-order valence-electron chi connectivity index (χ3n) is 3.65. The molecule has 0 saturated heterocycles. The van der Waals surface area contributed by atoms with Crippen LogP contribution in [0.5, 0.6) is 0 Å². The highest BCUT2D eigenvalue weighted by Crippen LogP contribution is 2.13. The fourth-order valence-electron chi connectivity index (χ4n) is 2.41. The molecule has 0 aliphatic heterocycles. The van der Waals surface area contributed by atoms with Gasteiger partial charge in [-0.25, -0.2) is 0 Å². The van der Waals surface area contributed by atoms with Crippen LogP contribution in [0.15, 0.2) is 6.08 Å². The summed E-state index contributed by atoms with van der Waals surface area (Å²) in [5, 5.41) is 0. The van der Waals surface area contributed by atoms with E-state index in [0.717, 1.165) is 12.3 Å². The summed E-state index contributed by atoms with van der Waals surface area (Å²) in [6.07, 6.45) is 19.9. The Labute approximate surface area is 116 Å². The fourth-order valence-corrected chi connectivity index (χ4v) is 2.41. The van der Waals surface area contributed by atoms with Gasteiger partial charge in [0.05, 0.1) is 0 Å². The molecule has 18 heavy (non-hydrogen) atoms. The Morgan fingerprint density at radius 1 is 0.667 bits per heavy atom. The second-order valence-electron chi connectivity index (χ2n) is 6.10. The molecule has 0 heterocycles. The van der Waals surface area contributed by atoms with Crippen LogP contribution >= 0.6 is 0 Å². The third-order valence-corrected chi connectivity index (χ3v) is 3.65. The third kappa shape index (κ3) is 15.7. The molecule has 1 radical (unpaired) electrons. The topological polar surface area (TPSA) is 0 Å². The Hall–Kier alpha value is -0.260. The minimum Gasteiger partial charge on any atom is -0.0845 e.